The van der Waals surface area contributed by atoms with Gasteiger partial charge >= 0.3 is 0 Å². The van der Waals surface area contributed by atoms with Crippen LogP contribution in [0, 0.1) is 13.8 Å². The van der Waals surface area contributed by atoms with Crippen LogP contribution in [0.15, 0.2) is 237 Å². The fourth-order valence-electron chi connectivity index (χ4n) is 13.6. The number of aliphatic hydroxyl groups excluding tert-OH is 4. The molecule has 0 aromatic heterocycles. The molecule has 8 heteroatoms. The minimum absolute atomic E-state index is 0.125. The van der Waals surface area contributed by atoms with E-state index in [-0.39, 0.29) is 38.2 Å². The normalized spacial score (nSPS) is 15.6. The number of anilines is 1. The Bertz CT molecular complexity index is 3820. The summed E-state index contributed by atoms with van der Waals surface area (Å²) in [6.45, 7) is 9.73. The second kappa shape index (κ2) is 36.3. The van der Waals surface area contributed by atoms with E-state index in [1.54, 1.807) is 12.1 Å². The average molecular weight is 1270 g/mol. The third-order valence-electron chi connectivity index (χ3n) is 19.0. The molecule has 0 bridgehead atoms. The summed E-state index contributed by atoms with van der Waals surface area (Å²) in [6, 6.07) is 83.2. The van der Waals surface area contributed by atoms with Crippen LogP contribution in [-0.4, -0.2) is 95.7 Å². The van der Waals surface area contributed by atoms with E-state index in [1.807, 2.05) is 42.5 Å². The second-order valence-corrected chi connectivity index (χ2v) is 25.7. The Balaban J connectivity index is 0.000000156. The van der Waals surface area contributed by atoms with Gasteiger partial charge in [-0.05, 0) is 235 Å². The van der Waals surface area contributed by atoms with Crippen molar-refractivity contribution in [2.75, 3.05) is 64.1 Å². The largest absolute Gasteiger partial charge is 0.508 e. The number of benzene rings is 9. The van der Waals surface area contributed by atoms with Crippen LogP contribution in [0.3, 0.4) is 0 Å². The fourth-order valence-corrected chi connectivity index (χ4v) is 13.6. The molecule has 492 valence electrons. The molecular weight excluding hydrogens is 1170 g/mol. The van der Waals surface area contributed by atoms with E-state index < -0.39 is 0 Å². The number of ether oxygens (including phenoxy) is 1. The third-order valence-corrected chi connectivity index (χ3v) is 19.0. The van der Waals surface area contributed by atoms with E-state index in [1.165, 1.54) is 117 Å². The first-order valence-electron chi connectivity index (χ1n) is 34.9. The predicted octanol–water partition coefficient (Wildman–Crippen LogP) is 18.7. The highest BCUT2D eigenvalue weighted by molar-refractivity contribution is 6.01. The quantitative estimate of drug-likeness (QED) is 0.0359. The maximum absolute atomic E-state index is 9.85. The summed E-state index contributed by atoms with van der Waals surface area (Å²) in [7, 11) is 0. The van der Waals surface area contributed by atoms with Gasteiger partial charge in [0.05, 0.1) is 6.61 Å². The fraction of sp³-hybridized carbons (Fsp3) is 0.310. The highest BCUT2D eigenvalue weighted by atomic mass is 16.5. The molecule has 95 heavy (non-hydrogen) atoms. The number of phenols is 1. The van der Waals surface area contributed by atoms with Crippen LogP contribution in [0.5, 0.6) is 11.5 Å². The summed E-state index contributed by atoms with van der Waals surface area (Å²) in [5, 5.41) is 48.0. The van der Waals surface area contributed by atoms with Crippen LogP contribution in [0.4, 0.5) is 5.69 Å². The number of hydrogen-bond donors (Lipinski definition) is 5. The van der Waals surface area contributed by atoms with Crippen molar-refractivity contribution in [2.24, 2.45) is 0 Å². The molecule has 5 N–H and O–H groups in total. The number of aryl methyl sites for hydroxylation is 2. The first-order valence-corrected chi connectivity index (χ1v) is 34.9. The van der Waals surface area contributed by atoms with Gasteiger partial charge in [0.1, 0.15) is 18.1 Å². The lowest BCUT2D eigenvalue weighted by molar-refractivity contribution is 0.139. The number of hydrogen-bond acceptors (Lipinski definition) is 8. The summed E-state index contributed by atoms with van der Waals surface area (Å²) in [6.07, 6.45) is 14.7. The van der Waals surface area contributed by atoms with Crippen LogP contribution in [0.25, 0.3) is 33.4 Å². The molecule has 2 aliphatic heterocycles. The Morgan fingerprint density at radius 3 is 1.17 bits per heavy atom. The molecule has 3 fully saturated rings. The van der Waals surface area contributed by atoms with Crippen molar-refractivity contribution in [1.29, 1.82) is 0 Å². The Kier molecular flexibility index (Phi) is 26.5. The molecule has 9 aromatic carbocycles. The monoisotopic (exact) mass is 1270 g/mol. The standard InChI is InChI=1S/C30H35NO4.C29H33NO.C28H30O/c32-20-5-9-29(23-6-2-1-3-7-23)30(24-10-14-27(34)15-11-24)25-12-16-28(17-13-25)35-21-19-31-18-4-8-26(31)22-33;1-23-12-14-25(15-13-23)29(28(11-8-22-31)24-9-4-2-5-10-24)26-16-18-27(19-17-26)30-20-6-3-7-21-30;1-21-12-14-25(15-13-21)28(26-18-16-23(17-19-26)22-9-5-10-22)27(11-6-20-29)24-7-3-2-4-8-24/h1-3,6-7,10-17,26,32-34H,4-5,8-9,18-22H2;2,4-5,9-10,12-19,31H,3,6-8,11,20-22H2,1H3;2-4,7-8,12-19,22,29H,5-6,9-11,20H2,1H3/b30-29-;29-28-;28-27-/t26-;;/m1../s1. The zero-order chi connectivity index (χ0) is 66.0. The van der Waals surface area contributed by atoms with E-state index in [0.29, 0.717) is 13.0 Å². The number of allylic oxidation sites excluding steroid dienone is 3. The maximum Gasteiger partial charge on any atom is 0.119 e. The minimum atomic E-state index is 0.125. The first-order chi connectivity index (χ1) is 46.7. The summed E-state index contributed by atoms with van der Waals surface area (Å²) < 4.78 is 6.02. The van der Waals surface area contributed by atoms with Gasteiger partial charge in [-0.2, -0.15) is 0 Å². The molecule has 9 aromatic rings. The smallest absolute Gasteiger partial charge is 0.119 e. The minimum Gasteiger partial charge on any atom is -0.508 e. The van der Waals surface area contributed by atoms with E-state index >= 15 is 0 Å². The van der Waals surface area contributed by atoms with Crippen LogP contribution in [-0.2, 0) is 0 Å². The zero-order valence-electron chi connectivity index (χ0n) is 56.0. The second-order valence-electron chi connectivity index (χ2n) is 25.7. The van der Waals surface area contributed by atoms with Crippen molar-refractivity contribution < 1.29 is 30.3 Å². The number of likely N-dealkylation sites (tertiary alicyclic amines) is 1. The highest BCUT2D eigenvalue weighted by Crippen LogP contribution is 2.41. The zero-order valence-corrected chi connectivity index (χ0v) is 56.0. The van der Waals surface area contributed by atoms with Gasteiger partial charge in [-0.25, -0.2) is 0 Å². The molecule has 0 radical (unpaired) electrons. The molecule has 2 saturated heterocycles. The Morgan fingerprint density at radius 1 is 0.389 bits per heavy atom. The topological polar surface area (TPSA) is 117 Å². The number of piperidine rings is 1. The molecule has 0 unspecified atom stereocenters. The van der Waals surface area contributed by atoms with E-state index in [4.69, 9.17) is 4.74 Å². The summed E-state index contributed by atoms with van der Waals surface area (Å²) in [5.74, 6) is 1.80. The van der Waals surface area contributed by atoms with Gasteiger partial charge < -0.3 is 35.2 Å². The van der Waals surface area contributed by atoms with Crippen LogP contribution in [0.1, 0.15) is 163 Å². The van der Waals surface area contributed by atoms with Crippen LogP contribution < -0.4 is 9.64 Å². The third kappa shape index (κ3) is 19.3. The van der Waals surface area contributed by atoms with Gasteiger partial charge in [0.15, 0.2) is 0 Å². The number of nitrogens with zero attached hydrogens (tertiary/aromatic N) is 2. The Morgan fingerprint density at radius 2 is 0.779 bits per heavy atom. The summed E-state index contributed by atoms with van der Waals surface area (Å²) in [5.41, 5.74) is 23.3. The van der Waals surface area contributed by atoms with Gasteiger partial charge in [0.2, 0.25) is 0 Å². The predicted molar refractivity (Wildman–Crippen MR) is 396 cm³/mol. The Labute approximate surface area is 565 Å². The van der Waals surface area contributed by atoms with Crippen molar-refractivity contribution >= 4 is 39.1 Å². The van der Waals surface area contributed by atoms with Crippen LogP contribution in [0.2, 0.25) is 0 Å². The molecule has 1 atom stereocenters. The number of aromatic hydroxyl groups is 1. The molecule has 0 amide bonds. The lowest BCUT2D eigenvalue weighted by Crippen LogP contribution is -2.35. The number of phenolic OH excluding ortho intramolecular Hbond substituents is 1. The number of aliphatic hydroxyl groups is 4. The van der Waals surface area contributed by atoms with E-state index in [2.05, 4.69) is 206 Å². The molecule has 12 rings (SSSR count). The average Bonchev–Trinajstić information content (AvgIpc) is 1.14. The van der Waals surface area contributed by atoms with E-state index in [9.17, 15) is 25.5 Å². The SMILES string of the molecule is Cc1ccc(/C(=C(\CCCO)c2ccccc2)c2ccc(C3CCC3)cc2)cc1.Cc1ccc(/C(=C(\CCCO)c2ccccc2)c2ccc(N3CCCCC3)cc2)cc1.OCCC/C(=C(\c1ccc(O)cc1)c1ccc(OCCN2CCC[C@@H]2CO)cc1)c1ccccc1. The van der Waals surface area contributed by atoms with Crippen LogP contribution >= 0.6 is 0 Å². The molecule has 3 aliphatic rings. The van der Waals surface area contributed by atoms with Gasteiger partial charge in [-0.15, -0.1) is 0 Å². The molecule has 1 saturated carbocycles. The molecule has 1 aliphatic carbocycles. The van der Waals surface area contributed by atoms with Crippen molar-refractivity contribution in [3.05, 3.63) is 303 Å². The highest BCUT2D eigenvalue weighted by Gasteiger charge is 2.24. The van der Waals surface area contributed by atoms with Gasteiger partial charge in [0.25, 0.3) is 0 Å². The summed E-state index contributed by atoms with van der Waals surface area (Å²) >= 11 is 0. The van der Waals surface area contributed by atoms with Crippen molar-refractivity contribution in [2.45, 2.75) is 116 Å². The van der Waals surface area contributed by atoms with Crippen molar-refractivity contribution in [1.82, 2.24) is 4.90 Å². The van der Waals surface area contributed by atoms with E-state index in [0.717, 1.165) is 111 Å². The molecule has 0 spiro atoms. The summed E-state index contributed by atoms with van der Waals surface area (Å²) in [4.78, 5) is 4.81. The van der Waals surface area contributed by atoms with Crippen molar-refractivity contribution in [3.63, 3.8) is 0 Å². The Hall–Kier alpha value is -8.60. The molecule has 2 heterocycles. The van der Waals surface area contributed by atoms with Crippen molar-refractivity contribution in [3.8, 4) is 11.5 Å². The van der Waals surface area contributed by atoms with Gasteiger partial charge in [-0.1, -0.05) is 218 Å². The molecular formula is C87H98N2O6. The first kappa shape index (κ1) is 69.2. The lowest BCUT2D eigenvalue weighted by Gasteiger charge is -2.29. The van der Waals surface area contributed by atoms with Gasteiger partial charge in [-0.3, -0.25) is 4.90 Å². The number of rotatable bonds is 25. The molecule has 8 nitrogen and oxygen atoms in total. The lowest BCUT2D eigenvalue weighted by atomic mass is 9.79. The maximum atomic E-state index is 9.85. The van der Waals surface area contributed by atoms with Gasteiger partial charge in [0, 0.05) is 51.2 Å².